The van der Waals surface area contributed by atoms with Crippen LogP contribution >= 0.6 is 47.4 Å². The number of amidine groups is 1. The van der Waals surface area contributed by atoms with Crippen LogP contribution in [-0.2, 0) is 4.79 Å². The number of allylic oxidation sites excluding steroid dienone is 1. The molecule has 2 aliphatic heterocycles. The maximum Gasteiger partial charge on any atom is 0.266 e. The maximum absolute atomic E-state index is 13.2. The Bertz CT molecular complexity index is 746. The number of aliphatic imine (C=N–C) groups is 1. The molecule has 27 heavy (non-hydrogen) atoms. The Labute approximate surface area is 181 Å². The fourth-order valence-electron chi connectivity index (χ4n) is 3.16. The Hall–Kier alpha value is -0.880. The monoisotopic (exact) mass is 447 g/mol. The molecular formula is C19H24Cl3N3OS. The summed E-state index contributed by atoms with van der Waals surface area (Å²) in [5.74, 6) is -0.0306. The van der Waals surface area contributed by atoms with Gasteiger partial charge in [-0.05, 0) is 49.2 Å². The Morgan fingerprint density at radius 2 is 1.96 bits per heavy atom. The highest BCUT2D eigenvalue weighted by molar-refractivity contribution is 8.18. The van der Waals surface area contributed by atoms with Crippen LogP contribution in [0.5, 0.6) is 0 Å². The lowest BCUT2D eigenvalue weighted by Gasteiger charge is -2.25. The van der Waals surface area contributed by atoms with Gasteiger partial charge in [0.05, 0.1) is 0 Å². The molecule has 0 spiro atoms. The summed E-state index contributed by atoms with van der Waals surface area (Å²) in [6.45, 7) is 3.97. The molecule has 2 aliphatic rings. The first-order chi connectivity index (χ1) is 12.5. The molecule has 0 aromatic heterocycles. The molecule has 2 heterocycles. The van der Waals surface area contributed by atoms with Crippen molar-refractivity contribution in [3.63, 3.8) is 0 Å². The summed E-state index contributed by atoms with van der Waals surface area (Å²) in [4.78, 5) is 22.5. The van der Waals surface area contributed by atoms with Crippen LogP contribution in [-0.4, -0.2) is 36.1 Å². The van der Waals surface area contributed by atoms with Gasteiger partial charge in [0.1, 0.15) is 4.91 Å². The molecule has 0 saturated heterocycles. The van der Waals surface area contributed by atoms with Crippen molar-refractivity contribution in [3.05, 3.63) is 38.8 Å². The van der Waals surface area contributed by atoms with Crippen molar-refractivity contribution in [2.45, 2.75) is 39.0 Å². The Kier molecular flexibility index (Phi) is 8.35. The second kappa shape index (κ2) is 10.1. The topological polar surface area (TPSA) is 35.9 Å². The first kappa shape index (κ1) is 22.4. The number of amides is 1. The molecule has 1 aromatic rings. The lowest BCUT2D eigenvalue weighted by molar-refractivity contribution is -0.114. The number of nitrogens with zero attached hydrogens (tertiary/aromatic N) is 3. The number of benzene rings is 1. The number of hydrogen-bond acceptors (Lipinski definition) is 4. The third-order valence-electron chi connectivity index (χ3n) is 4.55. The SMILES string of the molecule is CCCCCC1=C(C(=O)N(C)c2cc(Cl)cc(Cl)c2)SC2=NCCCN21.Cl. The summed E-state index contributed by atoms with van der Waals surface area (Å²) in [6, 6.07) is 5.18. The van der Waals surface area contributed by atoms with Gasteiger partial charge in [0.2, 0.25) is 0 Å². The van der Waals surface area contributed by atoms with Crippen molar-refractivity contribution >= 4 is 64.1 Å². The van der Waals surface area contributed by atoms with E-state index in [1.807, 2.05) is 0 Å². The van der Waals surface area contributed by atoms with E-state index in [2.05, 4.69) is 16.8 Å². The first-order valence-corrected chi connectivity index (χ1v) is 10.6. The van der Waals surface area contributed by atoms with E-state index in [1.165, 1.54) is 11.8 Å². The molecular weight excluding hydrogens is 425 g/mol. The van der Waals surface area contributed by atoms with Crippen LogP contribution in [0.25, 0.3) is 0 Å². The summed E-state index contributed by atoms with van der Waals surface area (Å²) in [7, 11) is 1.76. The zero-order valence-electron chi connectivity index (χ0n) is 15.5. The number of hydrogen-bond donors (Lipinski definition) is 0. The third kappa shape index (κ3) is 5.14. The van der Waals surface area contributed by atoms with Gasteiger partial charge < -0.3 is 9.80 Å². The zero-order chi connectivity index (χ0) is 18.7. The van der Waals surface area contributed by atoms with Crippen molar-refractivity contribution in [1.82, 2.24) is 4.90 Å². The largest absolute Gasteiger partial charge is 0.323 e. The van der Waals surface area contributed by atoms with Gasteiger partial charge in [-0.3, -0.25) is 9.79 Å². The summed E-state index contributed by atoms with van der Waals surface area (Å²) in [6.07, 6.45) is 5.34. The molecule has 8 heteroatoms. The number of thioether (sulfide) groups is 1. The van der Waals surface area contributed by atoms with Crippen molar-refractivity contribution in [2.24, 2.45) is 4.99 Å². The van der Waals surface area contributed by atoms with Crippen LogP contribution in [0.2, 0.25) is 10.0 Å². The summed E-state index contributed by atoms with van der Waals surface area (Å²) < 4.78 is 0. The molecule has 0 unspecified atom stereocenters. The first-order valence-electron chi connectivity index (χ1n) is 8.98. The number of unbranched alkanes of at least 4 members (excludes halogenated alkanes) is 2. The standard InChI is InChI=1S/C19H23Cl2N3OS.ClH/c1-3-4-5-7-16-17(26-19-22-8-6-9-24(16)19)18(25)23(2)15-11-13(20)10-14(21)12-15;/h10-12H,3-9H2,1-2H3;1H. The molecule has 0 radical (unpaired) electrons. The van der Waals surface area contributed by atoms with Crippen molar-refractivity contribution in [1.29, 1.82) is 0 Å². The van der Waals surface area contributed by atoms with Gasteiger partial charge >= 0.3 is 0 Å². The van der Waals surface area contributed by atoms with Gasteiger partial charge in [0, 0.05) is 41.6 Å². The van der Waals surface area contributed by atoms with Gasteiger partial charge in [-0.15, -0.1) is 12.4 Å². The molecule has 0 N–H and O–H groups in total. The number of anilines is 1. The van der Waals surface area contributed by atoms with Gasteiger partial charge in [0.25, 0.3) is 5.91 Å². The fraction of sp³-hybridized carbons (Fsp3) is 0.474. The number of rotatable bonds is 6. The molecule has 1 aromatic carbocycles. The second-order valence-corrected chi connectivity index (χ2v) is 8.35. The Balaban J connectivity index is 0.00000261. The summed E-state index contributed by atoms with van der Waals surface area (Å²) >= 11 is 13.7. The van der Waals surface area contributed by atoms with Crippen LogP contribution in [0.1, 0.15) is 39.0 Å². The number of likely N-dealkylation sites (N-methyl/N-ethyl adjacent to an activating group) is 1. The van der Waals surface area contributed by atoms with Crippen molar-refractivity contribution in [3.8, 4) is 0 Å². The van der Waals surface area contributed by atoms with Crippen LogP contribution in [0.4, 0.5) is 5.69 Å². The highest BCUT2D eigenvalue weighted by Crippen LogP contribution is 2.40. The van der Waals surface area contributed by atoms with Crippen LogP contribution in [0.3, 0.4) is 0 Å². The Morgan fingerprint density at radius 1 is 1.26 bits per heavy atom. The lowest BCUT2D eigenvalue weighted by atomic mass is 10.1. The predicted octanol–water partition coefficient (Wildman–Crippen LogP) is 5.98. The van der Waals surface area contributed by atoms with Crippen LogP contribution in [0.15, 0.2) is 33.8 Å². The maximum atomic E-state index is 13.2. The van der Waals surface area contributed by atoms with Gasteiger partial charge in [-0.25, -0.2) is 0 Å². The number of fused-ring (bicyclic) bond motifs is 1. The quantitative estimate of drug-likeness (QED) is 0.502. The lowest BCUT2D eigenvalue weighted by Crippen LogP contribution is -2.30. The van der Waals surface area contributed by atoms with E-state index in [0.717, 1.165) is 61.0 Å². The van der Waals surface area contributed by atoms with Crippen LogP contribution < -0.4 is 4.90 Å². The molecule has 0 fully saturated rings. The average Bonchev–Trinajstić information content (AvgIpc) is 2.98. The smallest absolute Gasteiger partial charge is 0.266 e. The third-order valence-corrected chi connectivity index (χ3v) is 6.13. The molecule has 148 valence electrons. The minimum Gasteiger partial charge on any atom is -0.323 e. The van der Waals surface area contributed by atoms with E-state index >= 15 is 0 Å². The van der Waals surface area contributed by atoms with E-state index in [1.54, 1.807) is 30.1 Å². The molecule has 0 saturated carbocycles. The van der Waals surface area contributed by atoms with Gasteiger partial charge in [0.15, 0.2) is 5.17 Å². The molecule has 0 bridgehead atoms. The number of carbonyl (C=O) groups excluding carboxylic acids is 1. The van der Waals surface area contributed by atoms with E-state index in [9.17, 15) is 4.79 Å². The summed E-state index contributed by atoms with van der Waals surface area (Å²) in [5, 5.41) is 2.00. The molecule has 4 nitrogen and oxygen atoms in total. The van der Waals surface area contributed by atoms with E-state index in [4.69, 9.17) is 23.2 Å². The predicted molar refractivity (Wildman–Crippen MR) is 120 cm³/mol. The summed E-state index contributed by atoms with van der Waals surface area (Å²) in [5.41, 5.74) is 1.81. The van der Waals surface area contributed by atoms with E-state index < -0.39 is 0 Å². The second-order valence-electron chi connectivity index (χ2n) is 6.50. The van der Waals surface area contributed by atoms with E-state index in [0.29, 0.717) is 15.7 Å². The molecule has 3 rings (SSSR count). The normalized spacial score (nSPS) is 16.0. The van der Waals surface area contributed by atoms with Gasteiger partial charge in [-0.2, -0.15) is 0 Å². The Morgan fingerprint density at radius 3 is 2.63 bits per heavy atom. The van der Waals surface area contributed by atoms with E-state index in [-0.39, 0.29) is 18.3 Å². The highest BCUT2D eigenvalue weighted by atomic mass is 35.5. The average molecular weight is 449 g/mol. The molecule has 1 amide bonds. The van der Waals surface area contributed by atoms with Crippen LogP contribution in [0, 0.1) is 0 Å². The minimum absolute atomic E-state index is 0. The highest BCUT2D eigenvalue weighted by Gasteiger charge is 2.35. The fourth-order valence-corrected chi connectivity index (χ4v) is 4.87. The van der Waals surface area contributed by atoms with Crippen molar-refractivity contribution in [2.75, 3.05) is 25.0 Å². The van der Waals surface area contributed by atoms with Gasteiger partial charge in [-0.1, -0.05) is 43.0 Å². The number of carbonyl (C=O) groups is 1. The van der Waals surface area contributed by atoms with Crippen molar-refractivity contribution < 1.29 is 4.79 Å². The number of halogens is 3. The molecule has 0 aliphatic carbocycles. The minimum atomic E-state index is -0.0306. The molecule has 0 atom stereocenters. The zero-order valence-corrected chi connectivity index (χ0v) is 18.6.